The third kappa shape index (κ3) is 5.65. The van der Waals surface area contributed by atoms with Crippen LogP contribution in [0.1, 0.15) is 18.9 Å². The molecule has 0 amide bonds. The molecule has 4 nitrogen and oxygen atoms in total. The molecule has 1 atom stereocenters. The Labute approximate surface area is 104 Å². The van der Waals surface area contributed by atoms with Gasteiger partial charge in [0.2, 0.25) is 0 Å². The van der Waals surface area contributed by atoms with E-state index < -0.39 is 0 Å². The van der Waals surface area contributed by atoms with Crippen LogP contribution in [0.5, 0.6) is 0 Å². The predicted molar refractivity (Wildman–Crippen MR) is 73.0 cm³/mol. The Morgan fingerprint density at radius 3 is 2.82 bits per heavy atom. The SMILES string of the molecule is CCCNC(Cc1ccnc(N)c1)CN(C)C. The van der Waals surface area contributed by atoms with E-state index in [1.54, 1.807) is 6.20 Å². The highest BCUT2D eigenvalue weighted by Gasteiger charge is 2.10. The molecule has 0 aliphatic heterocycles. The number of nitrogens with zero attached hydrogens (tertiary/aromatic N) is 2. The smallest absolute Gasteiger partial charge is 0.123 e. The van der Waals surface area contributed by atoms with Gasteiger partial charge in [0.25, 0.3) is 0 Å². The van der Waals surface area contributed by atoms with Gasteiger partial charge >= 0.3 is 0 Å². The van der Waals surface area contributed by atoms with Crippen molar-refractivity contribution in [1.29, 1.82) is 0 Å². The highest BCUT2D eigenvalue weighted by atomic mass is 15.1. The lowest BCUT2D eigenvalue weighted by Crippen LogP contribution is -2.40. The minimum Gasteiger partial charge on any atom is -0.384 e. The van der Waals surface area contributed by atoms with Gasteiger partial charge in [-0.25, -0.2) is 4.98 Å². The Hall–Kier alpha value is -1.13. The summed E-state index contributed by atoms with van der Waals surface area (Å²) in [6.45, 7) is 4.27. The van der Waals surface area contributed by atoms with Crippen LogP contribution in [0.15, 0.2) is 18.3 Å². The maximum atomic E-state index is 5.69. The van der Waals surface area contributed by atoms with Crippen LogP contribution in [0.3, 0.4) is 0 Å². The van der Waals surface area contributed by atoms with Gasteiger partial charge < -0.3 is 16.0 Å². The lowest BCUT2D eigenvalue weighted by molar-refractivity contribution is 0.336. The zero-order valence-electron chi connectivity index (χ0n) is 11.1. The average molecular weight is 236 g/mol. The van der Waals surface area contributed by atoms with Crippen LogP contribution >= 0.6 is 0 Å². The molecule has 0 aliphatic rings. The molecule has 0 aliphatic carbocycles. The second-order valence-electron chi connectivity index (χ2n) is 4.71. The zero-order chi connectivity index (χ0) is 12.7. The number of likely N-dealkylation sites (N-methyl/N-ethyl adjacent to an activating group) is 1. The summed E-state index contributed by atoms with van der Waals surface area (Å²) in [5, 5.41) is 3.57. The molecule has 0 saturated carbocycles. The van der Waals surface area contributed by atoms with Gasteiger partial charge in [-0.2, -0.15) is 0 Å². The van der Waals surface area contributed by atoms with Gasteiger partial charge in [0.05, 0.1) is 0 Å². The summed E-state index contributed by atoms with van der Waals surface area (Å²) in [4.78, 5) is 6.22. The summed E-state index contributed by atoms with van der Waals surface area (Å²) in [7, 11) is 4.20. The molecular formula is C13H24N4. The van der Waals surface area contributed by atoms with E-state index in [2.05, 4.69) is 36.2 Å². The summed E-state index contributed by atoms with van der Waals surface area (Å²) in [6.07, 6.45) is 3.92. The van der Waals surface area contributed by atoms with Crippen LogP contribution in [-0.4, -0.2) is 43.1 Å². The van der Waals surface area contributed by atoms with Crippen LogP contribution in [0.25, 0.3) is 0 Å². The minimum atomic E-state index is 0.465. The molecule has 1 heterocycles. The second-order valence-corrected chi connectivity index (χ2v) is 4.71. The van der Waals surface area contributed by atoms with Crippen molar-refractivity contribution in [1.82, 2.24) is 15.2 Å². The van der Waals surface area contributed by atoms with Crippen molar-refractivity contribution in [3.63, 3.8) is 0 Å². The first-order valence-electron chi connectivity index (χ1n) is 6.20. The Morgan fingerprint density at radius 2 is 2.24 bits per heavy atom. The highest BCUT2D eigenvalue weighted by molar-refractivity contribution is 5.32. The molecule has 0 fully saturated rings. The van der Waals surface area contributed by atoms with Crippen molar-refractivity contribution >= 4 is 5.82 Å². The molecule has 0 saturated heterocycles. The standard InChI is InChI=1S/C13H24N4/c1-4-6-15-12(10-17(2)3)8-11-5-7-16-13(14)9-11/h5,7,9,12,15H,4,6,8,10H2,1-3H3,(H2,14,16). The fourth-order valence-electron chi connectivity index (χ4n) is 1.90. The quantitative estimate of drug-likeness (QED) is 0.745. The topological polar surface area (TPSA) is 54.2 Å². The Bertz CT molecular complexity index is 325. The molecule has 1 rings (SSSR count). The first-order valence-corrected chi connectivity index (χ1v) is 6.20. The Balaban J connectivity index is 2.58. The van der Waals surface area contributed by atoms with Crippen molar-refractivity contribution in [2.45, 2.75) is 25.8 Å². The number of nitrogens with one attached hydrogen (secondary N) is 1. The summed E-state index contributed by atoms with van der Waals surface area (Å²) >= 11 is 0. The summed E-state index contributed by atoms with van der Waals surface area (Å²) in [5.74, 6) is 0.599. The van der Waals surface area contributed by atoms with Crippen LogP contribution in [0.4, 0.5) is 5.82 Å². The number of aromatic nitrogens is 1. The molecule has 3 N–H and O–H groups in total. The van der Waals surface area contributed by atoms with Crippen LogP contribution in [-0.2, 0) is 6.42 Å². The van der Waals surface area contributed by atoms with E-state index >= 15 is 0 Å². The van der Waals surface area contributed by atoms with E-state index in [0.717, 1.165) is 25.9 Å². The molecule has 0 aromatic carbocycles. The van der Waals surface area contributed by atoms with Gasteiger partial charge in [-0.1, -0.05) is 6.92 Å². The predicted octanol–water partition coefficient (Wildman–Crippen LogP) is 1.14. The summed E-state index contributed by atoms with van der Waals surface area (Å²) < 4.78 is 0. The van der Waals surface area contributed by atoms with Crippen LogP contribution in [0, 0.1) is 0 Å². The largest absolute Gasteiger partial charge is 0.384 e. The molecule has 17 heavy (non-hydrogen) atoms. The molecular weight excluding hydrogens is 212 g/mol. The van der Waals surface area contributed by atoms with Crippen molar-refractivity contribution < 1.29 is 0 Å². The number of rotatable bonds is 7. The normalized spacial score (nSPS) is 12.9. The van der Waals surface area contributed by atoms with E-state index in [-0.39, 0.29) is 0 Å². The van der Waals surface area contributed by atoms with E-state index in [1.165, 1.54) is 5.56 Å². The fraction of sp³-hybridized carbons (Fsp3) is 0.615. The minimum absolute atomic E-state index is 0.465. The molecule has 1 aromatic heterocycles. The number of hydrogen-bond donors (Lipinski definition) is 2. The molecule has 1 unspecified atom stereocenters. The number of anilines is 1. The van der Waals surface area contributed by atoms with Gasteiger partial charge in [-0.05, 0) is 51.2 Å². The number of nitrogen functional groups attached to an aromatic ring is 1. The number of nitrogens with two attached hydrogens (primary N) is 1. The molecule has 0 bridgehead atoms. The molecule has 0 spiro atoms. The summed E-state index contributed by atoms with van der Waals surface area (Å²) in [6, 6.07) is 4.45. The Kier molecular flexibility index (Phi) is 5.94. The average Bonchev–Trinajstić information content (AvgIpc) is 2.25. The number of pyridine rings is 1. The first kappa shape index (κ1) is 13.9. The number of hydrogen-bond acceptors (Lipinski definition) is 4. The van der Waals surface area contributed by atoms with Gasteiger partial charge in [0.1, 0.15) is 5.82 Å². The lowest BCUT2D eigenvalue weighted by Gasteiger charge is -2.22. The monoisotopic (exact) mass is 236 g/mol. The second kappa shape index (κ2) is 7.25. The van der Waals surface area contributed by atoms with E-state index in [0.29, 0.717) is 11.9 Å². The Morgan fingerprint density at radius 1 is 1.47 bits per heavy atom. The highest BCUT2D eigenvalue weighted by Crippen LogP contribution is 2.07. The van der Waals surface area contributed by atoms with E-state index in [1.807, 2.05) is 12.1 Å². The molecule has 1 aromatic rings. The van der Waals surface area contributed by atoms with Crippen molar-refractivity contribution in [3.05, 3.63) is 23.9 Å². The summed E-state index contributed by atoms with van der Waals surface area (Å²) in [5.41, 5.74) is 6.94. The zero-order valence-corrected chi connectivity index (χ0v) is 11.1. The van der Waals surface area contributed by atoms with Crippen LogP contribution in [0.2, 0.25) is 0 Å². The maximum Gasteiger partial charge on any atom is 0.123 e. The first-order chi connectivity index (χ1) is 8.11. The van der Waals surface area contributed by atoms with Gasteiger partial charge in [0, 0.05) is 18.8 Å². The van der Waals surface area contributed by atoms with Crippen molar-refractivity contribution in [2.75, 3.05) is 32.9 Å². The van der Waals surface area contributed by atoms with Gasteiger partial charge in [0.15, 0.2) is 0 Å². The van der Waals surface area contributed by atoms with Crippen molar-refractivity contribution in [3.8, 4) is 0 Å². The van der Waals surface area contributed by atoms with E-state index in [4.69, 9.17) is 5.73 Å². The van der Waals surface area contributed by atoms with Gasteiger partial charge in [-0.3, -0.25) is 0 Å². The molecule has 4 heteroatoms. The van der Waals surface area contributed by atoms with Gasteiger partial charge in [-0.15, -0.1) is 0 Å². The third-order valence-electron chi connectivity index (χ3n) is 2.60. The van der Waals surface area contributed by atoms with Crippen LogP contribution < -0.4 is 11.1 Å². The fourth-order valence-corrected chi connectivity index (χ4v) is 1.90. The molecule has 0 radical (unpaired) electrons. The van der Waals surface area contributed by atoms with E-state index in [9.17, 15) is 0 Å². The van der Waals surface area contributed by atoms with Crippen molar-refractivity contribution in [2.24, 2.45) is 0 Å². The lowest BCUT2D eigenvalue weighted by atomic mass is 10.1. The third-order valence-corrected chi connectivity index (χ3v) is 2.60. The molecule has 96 valence electrons. The maximum absolute atomic E-state index is 5.69.